The van der Waals surface area contributed by atoms with Crippen LogP contribution in [0, 0.1) is 0 Å². The van der Waals surface area contributed by atoms with Crippen molar-refractivity contribution in [3.63, 3.8) is 0 Å². The molecule has 2 N–H and O–H groups in total. The van der Waals surface area contributed by atoms with Crippen molar-refractivity contribution in [1.82, 2.24) is 9.88 Å². The number of nitrogens with two attached hydrogens (primary N) is 1. The number of hydrogen-bond acceptors (Lipinski definition) is 6. The number of ether oxygens (including phenoxy) is 2. The second-order valence-electron chi connectivity index (χ2n) is 7.43. The molecule has 28 heavy (non-hydrogen) atoms. The summed E-state index contributed by atoms with van der Waals surface area (Å²) in [6.45, 7) is 6.57. The molecule has 1 fully saturated rings. The standard InChI is InChI=1S/C19H22ClN3O5/c1-19(2,3)28-18(25)23-4-5-26-10-14(23)11-6-12(8-13(20)7-11)17-22-9-15(27-17)16(21)24/h6-9,14H,4-5,10H2,1-3H3,(H2,21,24)/t14-/m0/s1. The number of aromatic nitrogens is 1. The van der Waals surface area contributed by atoms with Gasteiger partial charge in [-0.25, -0.2) is 9.78 Å². The molecule has 0 bridgehead atoms. The molecule has 1 saturated heterocycles. The minimum absolute atomic E-state index is 0.0482. The second-order valence-corrected chi connectivity index (χ2v) is 7.87. The quantitative estimate of drug-likeness (QED) is 0.835. The summed E-state index contributed by atoms with van der Waals surface area (Å²) in [4.78, 5) is 29.6. The van der Waals surface area contributed by atoms with Gasteiger partial charge in [-0.3, -0.25) is 9.69 Å². The molecule has 3 rings (SSSR count). The first kappa shape index (κ1) is 20.2. The number of carbonyl (C=O) groups is 2. The van der Waals surface area contributed by atoms with E-state index in [2.05, 4.69) is 4.98 Å². The fourth-order valence-corrected chi connectivity index (χ4v) is 3.11. The zero-order valence-electron chi connectivity index (χ0n) is 15.9. The van der Waals surface area contributed by atoms with Crippen molar-refractivity contribution in [1.29, 1.82) is 0 Å². The van der Waals surface area contributed by atoms with Crippen molar-refractivity contribution in [2.45, 2.75) is 32.4 Å². The average Bonchev–Trinajstić information content (AvgIpc) is 3.10. The molecular weight excluding hydrogens is 386 g/mol. The molecule has 8 nitrogen and oxygen atoms in total. The van der Waals surface area contributed by atoms with Gasteiger partial charge in [0.05, 0.1) is 25.5 Å². The van der Waals surface area contributed by atoms with E-state index in [4.69, 9.17) is 31.2 Å². The maximum atomic E-state index is 12.6. The Hall–Kier alpha value is -2.58. The highest BCUT2D eigenvalue weighted by Gasteiger charge is 2.32. The molecule has 2 heterocycles. The Labute approximate surface area is 167 Å². The van der Waals surface area contributed by atoms with E-state index in [-0.39, 0.29) is 17.7 Å². The number of nitrogens with zero attached hydrogens (tertiary/aromatic N) is 2. The zero-order valence-corrected chi connectivity index (χ0v) is 16.7. The van der Waals surface area contributed by atoms with Crippen molar-refractivity contribution in [3.05, 3.63) is 40.7 Å². The lowest BCUT2D eigenvalue weighted by Gasteiger charge is -2.37. The van der Waals surface area contributed by atoms with E-state index in [0.29, 0.717) is 30.3 Å². The zero-order chi connectivity index (χ0) is 20.5. The molecule has 1 atom stereocenters. The number of halogens is 1. The van der Waals surface area contributed by atoms with Crippen LogP contribution in [0.15, 0.2) is 28.8 Å². The van der Waals surface area contributed by atoms with E-state index >= 15 is 0 Å². The SMILES string of the molecule is CC(C)(C)OC(=O)N1CCOC[C@H]1c1cc(Cl)cc(-c2ncc(C(N)=O)o2)c1. The second kappa shape index (κ2) is 7.81. The van der Waals surface area contributed by atoms with Crippen molar-refractivity contribution >= 4 is 23.6 Å². The largest absolute Gasteiger partial charge is 0.444 e. The molecule has 150 valence electrons. The van der Waals surface area contributed by atoms with Crippen LogP contribution in [-0.4, -0.2) is 47.2 Å². The van der Waals surface area contributed by atoms with Gasteiger partial charge < -0.3 is 19.6 Å². The summed E-state index contributed by atoms with van der Waals surface area (Å²) in [7, 11) is 0. The molecule has 0 aliphatic carbocycles. The fraction of sp³-hybridized carbons (Fsp3) is 0.421. The number of hydrogen-bond donors (Lipinski definition) is 1. The maximum Gasteiger partial charge on any atom is 0.410 e. The fourth-order valence-electron chi connectivity index (χ4n) is 2.87. The average molecular weight is 408 g/mol. The molecule has 2 aromatic rings. The van der Waals surface area contributed by atoms with E-state index < -0.39 is 17.6 Å². The van der Waals surface area contributed by atoms with E-state index in [1.165, 1.54) is 6.20 Å². The van der Waals surface area contributed by atoms with Crippen molar-refractivity contribution < 1.29 is 23.5 Å². The highest BCUT2D eigenvalue weighted by molar-refractivity contribution is 6.30. The van der Waals surface area contributed by atoms with Gasteiger partial charge >= 0.3 is 6.09 Å². The van der Waals surface area contributed by atoms with E-state index in [1.54, 1.807) is 23.1 Å². The van der Waals surface area contributed by atoms with Gasteiger partial charge in [-0.05, 0) is 44.5 Å². The summed E-state index contributed by atoms with van der Waals surface area (Å²) in [5.74, 6) is -0.552. The molecule has 0 radical (unpaired) electrons. The Morgan fingerprint density at radius 1 is 1.32 bits per heavy atom. The summed E-state index contributed by atoms with van der Waals surface area (Å²) < 4.78 is 16.5. The van der Waals surface area contributed by atoms with Crippen molar-refractivity contribution in [2.24, 2.45) is 5.73 Å². The predicted octanol–water partition coefficient (Wildman–Crippen LogP) is 3.40. The molecular formula is C19H22ClN3O5. The Balaban J connectivity index is 1.93. The van der Waals surface area contributed by atoms with Crippen LogP contribution in [0.1, 0.15) is 42.9 Å². The molecule has 0 unspecified atom stereocenters. The lowest BCUT2D eigenvalue weighted by Crippen LogP contribution is -2.45. The topological polar surface area (TPSA) is 108 Å². The smallest absolute Gasteiger partial charge is 0.410 e. The van der Waals surface area contributed by atoms with Gasteiger partial charge in [-0.1, -0.05) is 11.6 Å². The van der Waals surface area contributed by atoms with Gasteiger partial charge in [0.15, 0.2) is 0 Å². The highest BCUT2D eigenvalue weighted by Crippen LogP contribution is 2.32. The third-order valence-electron chi connectivity index (χ3n) is 4.06. The molecule has 0 saturated carbocycles. The van der Waals surface area contributed by atoms with Gasteiger partial charge in [-0.2, -0.15) is 0 Å². The first-order valence-corrected chi connectivity index (χ1v) is 9.16. The number of benzene rings is 1. The monoisotopic (exact) mass is 407 g/mol. The number of morpholine rings is 1. The molecule has 9 heteroatoms. The van der Waals surface area contributed by atoms with Gasteiger partial charge in [0, 0.05) is 17.1 Å². The number of primary amides is 1. The predicted molar refractivity (Wildman–Crippen MR) is 102 cm³/mol. The Morgan fingerprint density at radius 2 is 2.07 bits per heavy atom. The van der Waals surface area contributed by atoms with Crippen molar-refractivity contribution in [2.75, 3.05) is 19.8 Å². The molecule has 1 aromatic carbocycles. The Kier molecular flexibility index (Phi) is 5.62. The van der Waals surface area contributed by atoms with E-state index in [1.807, 2.05) is 20.8 Å². The Morgan fingerprint density at radius 3 is 2.71 bits per heavy atom. The van der Waals surface area contributed by atoms with Gasteiger partial charge in [-0.15, -0.1) is 0 Å². The molecule has 1 aromatic heterocycles. The summed E-state index contributed by atoms with van der Waals surface area (Å²) >= 11 is 6.29. The first-order chi connectivity index (χ1) is 13.1. The summed E-state index contributed by atoms with van der Waals surface area (Å²) in [6.07, 6.45) is 0.837. The van der Waals surface area contributed by atoms with E-state index in [9.17, 15) is 9.59 Å². The molecule has 1 aliphatic rings. The van der Waals surface area contributed by atoms with Crippen molar-refractivity contribution in [3.8, 4) is 11.5 Å². The van der Waals surface area contributed by atoms with Crippen LogP contribution >= 0.6 is 11.6 Å². The molecule has 0 spiro atoms. The normalized spacial score (nSPS) is 17.4. The van der Waals surface area contributed by atoms with Crippen LogP contribution in [-0.2, 0) is 9.47 Å². The van der Waals surface area contributed by atoms with Crippen LogP contribution in [0.3, 0.4) is 0 Å². The van der Waals surface area contributed by atoms with Crippen LogP contribution in [0.25, 0.3) is 11.5 Å². The van der Waals surface area contributed by atoms with Gasteiger partial charge in [0.1, 0.15) is 5.60 Å². The lowest BCUT2D eigenvalue weighted by molar-refractivity contribution is -0.0331. The van der Waals surface area contributed by atoms with Crippen LogP contribution in [0.2, 0.25) is 5.02 Å². The minimum atomic E-state index is -0.710. The maximum absolute atomic E-state index is 12.6. The molecule has 2 amide bonds. The number of rotatable bonds is 3. The number of carbonyl (C=O) groups excluding carboxylic acids is 2. The summed E-state index contributed by atoms with van der Waals surface area (Å²) in [5.41, 5.74) is 5.90. The van der Waals surface area contributed by atoms with Gasteiger partial charge in [0.25, 0.3) is 5.91 Å². The number of amides is 2. The van der Waals surface area contributed by atoms with Crippen LogP contribution in [0.5, 0.6) is 0 Å². The Bertz CT molecular complexity index is 890. The third kappa shape index (κ3) is 4.63. The lowest BCUT2D eigenvalue weighted by atomic mass is 10.0. The minimum Gasteiger partial charge on any atom is -0.444 e. The van der Waals surface area contributed by atoms with E-state index in [0.717, 1.165) is 5.56 Å². The van der Waals surface area contributed by atoms with Gasteiger partial charge in [0.2, 0.25) is 11.7 Å². The summed E-state index contributed by atoms with van der Waals surface area (Å²) in [6, 6.07) is 4.81. The highest BCUT2D eigenvalue weighted by atomic mass is 35.5. The first-order valence-electron chi connectivity index (χ1n) is 8.78. The third-order valence-corrected chi connectivity index (χ3v) is 4.28. The molecule has 1 aliphatic heterocycles. The van der Waals surface area contributed by atoms with Crippen LogP contribution < -0.4 is 5.73 Å². The van der Waals surface area contributed by atoms with Crippen LogP contribution in [0.4, 0.5) is 4.79 Å². The number of oxazole rings is 1. The summed E-state index contributed by atoms with van der Waals surface area (Å²) in [5, 5.41) is 0.432.